The lowest BCUT2D eigenvalue weighted by molar-refractivity contribution is 0.318. The van der Waals surface area contributed by atoms with Crippen LogP contribution in [-0.2, 0) is 0 Å². The van der Waals surface area contributed by atoms with Crippen LogP contribution in [0.1, 0.15) is 38.3 Å². The number of allylic oxidation sites excluding steroid dienone is 1. The van der Waals surface area contributed by atoms with E-state index in [0.29, 0.717) is 11.5 Å². The van der Waals surface area contributed by atoms with E-state index in [1.807, 2.05) is 12.1 Å². The van der Waals surface area contributed by atoms with Crippen LogP contribution >= 0.6 is 0 Å². The molecule has 1 aromatic carbocycles. The summed E-state index contributed by atoms with van der Waals surface area (Å²) < 4.78 is 16.4. The first-order chi connectivity index (χ1) is 10.1. The summed E-state index contributed by atoms with van der Waals surface area (Å²) in [7, 11) is 4.91. The van der Waals surface area contributed by atoms with Crippen molar-refractivity contribution >= 4 is 0 Å². The summed E-state index contributed by atoms with van der Waals surface area (Å²) in [5, 5.41) is 3.50. The van der Waals surface area contributed by atoms with Gasteiger partial charge in [-0.15, -0.1) is 6.58 Å². The van der Waals surface area contributed by atoms with E-state index in [0.717, 1.165) is 30.7 Å². The van der Waals surface area contributed by atoms with Crippen LogP contribution in [0.3, 0.4) is 0 Å². The summed E-state index contributed by atoms with van der Waals surface area (Å²) in [4.78, 5) is 0. The highest BCUT2D eigenvalue weighted by Gasteiger charge is 2.21. The van der Waals surface area contributed by atoms with Crippen LogP contribution in [-0.4, -0.2) is 27.9 Å². The van der Waals surface area contributed by atoms with Gasteiger partial charge in [-0.3, -0.25) is 0 Å². The van der Waals surface area contributed by atoms with Crippen LogP contribution < -0.4 is 19.5 Å². The number of rotatable bonds is 9. The molecule has 4 nitrogen and oxygen atoms in total. The van der Waals surface area contributed by atoms with Crippen molar-refractivity contribution in [2.24, 2.45) is 0 Å². The summed E-state index contributed by atoms with van der Waals surface area (Å²) in [6, 6.07) is 4.15. The largest absolute Gasteiger partial charge is 0.493 e. The molecule has 0 saturated heterocycles. The molecule has 0 saturated carbocycles. The molecule has 4 heteroatoms. The molecular formula is C17H27NO3. The molecule has 1 unspecified atom stereocenters. The third-order valence-corrected chi connectivity index (χ3v) is 3.42. The third kappa shape index (κ3) is 4.39. The van der Waals surface area contributed by atoms with Gasteiger partial charge in [0.2, 0.25) is 5.75 Å². The fraction of sp³-hybridized carbons (Fsp3) is 0.529. The first-order valence-corrected chi connectivity index (χ1v) is 7.25. The molecule has 0 aliphatic carbocycles. The molecule has 21 heavy (non-hydrogen) atoms. The van der Waals surface area contributed by atoms with Gasteiger partial charge in [0.25, 0.3) is 0 Å². The summed E-state index contributed by atoms with van der Waals surface area (Å²) >= 11 is 0. The van der Waals surface area contributed by atoms with Crippen molar-refractivity contribution < 1.29 is 14.2 Å². The van der Waals surface area contributed by atoms with E-state index < -0.39 is 0 Å². The lowest BCUT2D eigenvalue weighted by atomic mass is 9.98. The van der Waals surface area contributed by atoms with Crippen LogP contribution in [0.15, 0.2) is 24.3 Å². The Hall–Kier alpha value is -1.68. The molecule has 1 rings (SSSR count). The quantitative estimate of drug-likeness (QED) is 0.704. The third-order valence-electron chi connectivity index (χ3n) is 3.42. The minimum Gasteiger partial charge on any atom is -0.493 e. The van der Waals surface area contributed by atoms with Crippen LogP contribution in [0, 0.1) is 0 Å². The maximum absolute atomic E-state index is 5.58. The molecule has 0 amide bonds. The number of nitrogens with one attached hydrogen (secondary N) is 1. The van der Waals surface area contributed by atoms with Gasteiger partial charge in [0.05, 0.1) is 21.3 Å². The van der Waals surface area contributed by atoms with Crippen molar-refractivity contribution in [2.45, 2.75) is 32.7 Å². The number of hydrogen-bond donors (Lipinski definition) is 1. The Balaban J connectivity index is 3.20. The van der Waals surface area contributed by atoms with Gasteiger partial charge in [-0.1, -0.05) is 12.5 Å². The standard InChI is InChI=1S/C17H27NO3/c1-7-18-14(10-8-12(2)3)13-9-11-15(19-4)17(21-6)16(13)20-5/h9,11,14,18H,2,7-8,10H2,1,3-6H3. The fourth-order valence-corrected chi connectivity index (χ4v) is 2.40. The van der Waals surface area contributed by atoms with Crippen molar-refractivity contribution in [1.82, 2.24) is 5.32 Å². The topological polar surface area (TPSA) is 39.7 Å². The number of methoxy groups -OCH3 is 3. The van der Waals surface area contributed by atoms with Crippen molar-refractivity contribution in [3.63, 3.8) is 0 Å². The van der Waals surface area contributed by atoms with Crippen molar-refractivity contribution in [2.75, 3.05) is 27.9 Å². The molecule has 0 heterocycles. The Labute approximate surface area is 128 Å². The van der Waals surface area contributed by atoms with Gasteiger partial charge in [-0.25, -0.2) is 0 Å². The van der Waals surface area contributed by atoms with Crippen LogP contribution in [0.4, 0.5) is 0 Å². The van der Waals surface area contributed by atoms with E-state index in [9.17, 15) is 0 Å². The molecule has 1 aromatic rings. The van der Waals surface area contributed by atoms with Gasteiger partial charge >= 0.3 is 0 Å². The maximum atomic E-state index is 5.58. The maximum Gasteiger partial charge on any atom is 0.203 e. The zero-order chi connectivity index (χ0) is 15.8. The van der Waals surface area contributed by atoms with E-state index in [1.54, 1.807) is 21.3 Å². The molecule has 0 spiro atoms. The predicted octanol–water partition coefficient (Wildman–Crippen LogP) is 3.72. The summed E-state index contributed by atoms with van der Waals surface area (Å²) in [6.45, 7) is 9.02. The number of ether oxygens (including phenoxy) is 3. The van der Waals surface area contributed by atoms with Gasteiger partial charge < -0.3 is 19.5 Å². The lowest BCUT2D eigenvalue weighted by Gasteiger charge is -2.23. The SMILES string of the molecule is C=C(C)CCC(NCC)c1ccc(OC)c(OC)c1OC. The summed E-state index contributed by atoms with van der Waals surface area (Å²) in [5.41, 5.74) is 2.26. The monoisotopic (exact) mass is 293 g/mol. The Morgan fingerprint density at radius 3 is 2.29 bits per heavy atom. The van der Waals surface area contributed by atoms with Crippen LogP contribution in [0.5, 0.6) is 17.2 Å². The Bertz CT molecular complexity index is 471. The second kappa shape index (κ2) is 8.57. The van der Waals surface area contributed by atoms with Gasteiger partial charge in [0.15, 0.2) is 11.5 Å². The first kappa shape index (κ1) is 17.4. The molecule has 118 valence electrons. The molecule has 1 atom stereocenters. The smallest absolute Gasteiger partial charge is 0.203 e. The minimum absolute atomic E-state index is 0.196. The van der Waals surface area contributed by atoms with Crippen molar-refractivity contribution in [3.05, 3.63) is 29.8 Å². The van der Waals surface area contributed by atoms with E-state index in [-0.39, 0.29) is 6.04 Å². The molecule has 0 aliphatic heterocycles. The molecular weight excluding hydrogens is 266 g/mol. The van der Waals surface area contributed by atoms with Gasteiger partial charge in [-0.2, -0.15) is 0 Å². The zero-order valence-electron chi connectivity index (χ0n) is 13.8. The molecule has 0 bridgehead atoms. The van der Waals surface area contributed by atoms with E-state index >= 15 is 0 Å². The molecule has 0 fully saturated rings. The Kier molecular flexibility index (Phi) is 7.09. The highest BCUT2D eigenvalue weighted by Crippen LogP contribution is 2.43. The Morgan fingerprint density at radius 1 is 1.14 bits per heavy atom. The summed E-state index contributed by atoms with van der Waals surface area (Å²) in [6.07, 6.45) is 1.93. The number of hydrogen-bond acceptors (Lipinski definition) is 4. The van der Waals surface area contributed by atoms with Gasteiger partial charge in [0, 0.05) is 11.6 Å². The average molecular weight is 293 g/mol. The van der Waals surface area contributed by atoms with Gasteiger partial charge in [-0.05, 0) is 38.4 Å². The normalized spacial score (nSPS) is 11.9. The lowest BCUT2D eigenvalue weighted by Crippen LogP contribution is -2.21. The van der Waals surface area contributed by atoms with Crippen molar-refractivity contribution in [3.8, 4) is 17.2 Å². The molecule has 1 N–H and O–H groups in total. The van der Waals surface area contributed by atoms with Crippen LogP contribution in [0.25, 0.3) is 0 Å². The predicted molar refractivity (Wildman–Crippen MR) is 86.6 cm³/mol. The van der Waals surface area contributed by atoms with Crippen molar-refractivity contribution in [1.29, 1.82) is 0 Å². The second-order valence-electron chi connectivity index (χ2n) is 5.03. The zero-order valence-corrected chi connectivity index (χ0v) is 13.8. The molecule has 0 radical (unpaired) electrons. The van der Waals surface area contributed by atoms with E-state index in [1.165, 1.54) is 5.57 Å². The van der Waals surface area contributed by atoms with E-state index in [2.05, 4.69) is 25.7 Å². The fourth-order valence-electron chi connectivity index (χ4n) is 2.40. The first-order valence-electron chi connectivity index (χ1n) is 7.25. The van der Waals surface area contributed by atoms with Crippen LogP contribution in [0.2, 0.25) is 0 Å². The number of benzene rings is 1. The average Bonchev–Trinajstić information content (AvgIpc) is 2.49. The highest BCUT2D eigenvalue weighted by atomic mass is 16.5. The minimum atomic E-state index is 0.196. The molecule has 0 aromatic heterocycles. The van der Waals surface area contributed by atoms with Gasteiger partial charge in [0.1, 0.15) is 0 Å². The molecule has 0 aliphatic rings. The highest BCUT2D eigenvalue weighted by molar-refractivity contribution is 5.56. The van der Waals surface area contributed by atoms with E-state index in [4.69, 9.17) is 14.2 Å². The second-order valence-corrected chi connectivity index (χ2v) is 5.03. The Morgan fingerprint density at radius 2 is 1.81 bits per heavy atom. The summed E-state index contributed by atoms with van der Waals surface area (Å²) in [5.74, 6) is 2.04.